The Morgan fingerprint density at radius 3 is 2.35 bits per heavy atom. The lowest BCUT2D eigenvalue weighted by Crippen LogP contribution is -2.13. The van der Waals surface area contributed by atoms with Gasteiger partial charge in [-0.15, -0.1) is 0 Å². The van der Waals surface area contributed by atoms with Crippen LogP contribution in [0.4, 0.5) is 18.9 Å². The second-order valence-corrected chi connectivity index (χ2v) is 6.45. The summed E-state index contributed by atoms with van der Waals surface area (Å²) < 4.78 is 68.9. The van der Waals surface area contributed by atoms with E-state index in [1.54, 1.807) is 12.1 Å². The van der Waals surface area contributed by atoms with Gasteiger partial charge < -0.3 is 4.74 Å². The molecular weight excluding hydrogens is 331 g/mol. The minimum Gasteiger partial charge on any atom is -0.485 e. The molecule has 0 heterocycles. The van der Waals surface area contributed by atoms with Crippen LogP contribution in [0.1, 0.15) is 5.56 Å². The second kappa shape index (κ2) is 6.91. The highest BCUT2D eigenvalue weighted by molar-refractivity contribution is 7.92. The Hall–Kier alpha value is -2.22. The summed E-state index contributed by atoms with van der Waals surface area (Å²) in [4.78, 5) is 0.0292. The molecule has 0 aromatic heterocycles. The average molecular weight is 345 g/mol. The minimum absolute atomic E-state index is 0.0292. The summed E-state index contributed by atoms with van der Waals surface area (Å²) in [6.07, 6.45) is -2.73. The Bertz CT molecular complexity index is 777. The monoisotopic (exact) mass is 345 g/mol. The van der Waals surface area contributed by atoms with Crippen molar-refractivity contribution in [3.8, 4) is 5.75 Å². The molecule has 0 spiro atoms. The van der Waals surface area contributed by atoms with E-state index in [-0.39, 0.29) is 16.3 Å². The topological polar surface area (TPSA) is 55.4 Å². The number of aryl methyl sites for hydroxylation is 1. The molecule has 0 aliphatic rings. The molecule has 0 radical (unpaired) electrons. The smallest absolute Gasteiger partial charge is 0.272 e. The van der Waals surface area contributed by atoms with Crippen LogP contribution in [0.2, 0.25) is 0 Å². The normalized spacial score (nSPS) is 11.5. The van der Waals surface area contributed by atoms with Crippen molar-refractivity contribution in [2.75, 3.05) is 11.3 Å². The Kier molecular flexibility index (Phi) is 5.15. The number of hydrogen-bond acceptors (Lipinski definition) is 3. The molecule has 23 heavy (non-hydrogen) atoms. The quantitative estimate of drug-likeness (QED) is 0.871. The summed E-state index contributed by atoms with van der Waals surface area (Å²) in [7, 11) is -3.86. The number of nitrogens with one attached hydrogen (secondary N) is 1. The van der Waals surface area contributed by atoms with Crippen molar-refractivity contribution in [3.05, 3.63) is 53.8 Å². The molecule has 0 bridgehead atoms. The highest BCUT2D eigenvalue weighted by atomic mass is 32.2. The van der Waals surface area contributed by atoms with Crippen LogP contribution in [0, 0.1) is 12.7 Å². The maximum absolute atomic E-state index is 13.7. The van der Waals surface area contributed by atoms with Gasteiger partial charge in [0.25, 0.3) is 16.4 Å². The maximum Gasteiger partial charge on any atom is 0.272 e. The molecule has 4 nitrogen and oxygen atoms in total. The number of hydrogen-bond donors (Lipinski definition) is 1. The zero-order valence-electron chi connectivity index (χ0n) is 12.1. The molecule has 0 amide bonds. The lowest BCUT2D eigenvalue weighted by molar-refractivity contribution is 0.0799. The Morgan fingerprint density at radius 2 is 1.78 bits per heavy atom. The van der Waals surface area contributed by atoms with Crippen LogP contribution in [0.25, 0.3) is 0 Å². The molecule has 8 heteroatoms. The van der Waals surface area contributed by atoms with Gasteiger partial charge in [0.2, 0.25) is 0 Å². The fraction of sp³-hybridized carbons (Fsp3) is 0.200. The Morgan fingerprint density at radius 1 is 1.13 bits per heavy atom. The van der Waals surface area contributed by atoms with Crippen LogP contribution >= 0.6 is 0 Å². The molecule has 0 atom stereocenters. The number of rotatable bonds is 6. The third-order valence-electron chi connectivity index (χ3n) is 2.88. The molecule has 1 N–H and O–H groups in total. The Labute approximate surface area is 132 Å². The van der Waals surface area contributed by atoms with E-state index in [0.717, 1.165) is 17.7 Å². The molecule has 0 unspecified atom stereocenters. The molecule has 124 valence electrons. The molecule has 2 aromatic carbocycles. The fourth-order valence-corrected chi connectivity index (χ4v) is 2.82. The van der Waals surface area contributed by atoms with Crippen LogP contribution in [0.15, 0.2) is 47.4 Å². The summed E-state index contributed by atoms with van der Waals surface area (Å²) in [5.74, 6) is -1.31. The van der Waals surface area contributed by atoms with Crippen molar-refractivity contribution in [3.63, 3.8) is 0 Å². The van der Waals surface area contributed by atoms with Crippen molar-refractivity contribution < 1.29 is 26.3 Å². The number of benzene rings is 2. The third-order valence-corrected chi connectivity index (χ3v) is 4.28. The lowest BCUT2D eigenvalue weighted by atomic mass is 10.2. The number of halogens is 3. The van der Waals surface area contributed by atoms with E-state index < -0.39 is 28.9 Å². The van der Waals surface area contributed by atoms with Crippen LogP contribution in [0.3, 0.4) is 0 Å². The van der Waals surface area contributed by atoms with Gasteiger partial charge in [-0.1, -0.05) is 17.7 Å². The lowest BCUT2D eigenvalue weighted by Gasteiger charge is -2.11. The predicted molar refractivity (Wildman–Crippen MR) is 79.9 cm³/mol. The summed E-state index contributed by atoms with van der Waals surface area (Å²) in [6.45, 7) is 0.878. The summed E-state index contributed by atoms with van der Waals surface area (Å²) in [5, 5.41) is 0. The van der Waals surface area contributed by atoms with Gasteiger partial charge in [0.15, 0.2) is 11.6 Å². The van der Waals surface area contributed by atoms with E-state index in [1.807, 2.05) is 6.92 Å². The molecule has 2 rings (SSSR count). The second-order valence-electron chi connectivity index (χ2n) is 4.77. The van der Waals surface area contributed by atoms with Crippen molar-refractivity contribution in [1.82, 2.24) is 0 Å². The van der Waals surface area contributed by atoms with Crippen molar-refractivity contribution in [2.24, 2.45) is 0 Å². The van der Waals surface area contributed by atoms with Gasteiger partial charge >= 0.3 is 0 Å². The van der Waals surface area contributed by atoms with Gasteiger partial charge in [0, 0.05) is 6.07 Å². The summed E-state index contributed by atoms with van der Waals surface area (Å²) in [5.41, 5.74) is 0.864. The summed E-state index contributed by atoms with van der Waals surface area (Å²) >= 11 is 0. The van der Waals surface area contributed by atoms with Crippen molar-refractivity contribution >= 4 is 15.7 Å². The number of alkyl halides is 2. The SMILES string of the molecule is Cc1ccc(S(=O)(=O)Nc2ccc(OCC(F)F)c(F)c2)cc1. The summed E-state index contributed by atoms with van der Waals surface area (Å²) in [6, 6.07) is 9.31. The van der Waals surface area contributed by atoms with E-state index in [9.17, 15) is 21.6 Å². The van der Waals surface area contributed by atoms with Crippen LogP contribution in [0.5, 0.6) is 5.75 Å². The zero-order valence-corrected chi connectivity index (χ0v) is 12.9. The molecule has 0 fully saturated rings. The Balaban J connectivity index is 2.16. The van der Waals surface area contributed by atoms with E-state index in [2.05, 4.69) is 9.46 Å². The molecular formula is C15H14F3NO3S. The molecule has 0 saturated carbocycles. The third kappa shape index (κ3) is 4.62. The van der Waals surface area contributed by atoms with Crippen LogP contribution in [-0.2, 0) is 10.0 Å². The molecule has 0 aliphatic carbocycles. The zero-order chi connectivity index (χ0) is 17.0. The first kappa shape index (κ1) is 17.1. The minimum atomic E-state index is -3.86. The van der Waals surface area contributed by atoms with Crippen LogP contribution < -0.4 is 9.46 Å². The first-order chi connectivity index (χ1) is 10.8. The van der Waals surface area contributed by atoms with E-state index >= 15 is 0 Å². The van der Waals surface area contributed by atoms with E-state index in [1.165, 1.54) is 18.2 Å². The van der Waals surface area contributed by atoms with Crippen molar-refractivity contribution in [1.29, 1.82) is 0 Å². The highest BCUT2D eigenvalue weighted by Gasteiger charge is 2.15. The number of ether oxygens (including phenoxy) is 1. The first-order valence-corrected chi connectivity index (χ1v) is 8.06. The van der Waals surface area contributed by atoms with Crippen LogP contribution in [-0.4, -0.2) is 21.5 Å². The van der Waals surface area contributed by atoms with Gasteiger partial charge in [-0.25, -0.2) is 21.6 Å². The van der Waals surface area contributed by atoms with Gasteiger partial charge in [-0.05, 0) is 31.2 Å². The molecule has 2 aromatic rings. The average Bonchev–Trinajstić information content (AvgIpc) is 2.46. The number of anilines is 1. The largest absolute Gasteiger partial charge is 0.485 e. The number of sulfonamides is 1. The van der Waals surface area contributed by atoms with Gasteiger partial charge in [0.1, 0.15) is 6.61 Å². The highest BCUT2D eigenvalue weighted by Crippen LogP contribution is 2.23. The van der Waals surface area contributed by atoms with Gasteiger partial charge in [0.05, 0.1) is 10.6 Å². The van der Waals surface area contributed by atoms with Gasteiger partial charge in [-0.3, -0.25) is 4.72 Å². The molecule has 0 saturated heterocycles. The fourth-order valence-electron chi connectivity index (χ4n) is 1.77. The van der Waals surface area contributed by atoms with Gasteiger partial charge in [-0.2, -0.15) is 0 Å². The molecule has 0 aliphatic heterocycles. The van der Waals surface area contributed by atoms with E-state index in [0.29, 0.717) is 0 Å². The predicted octanol–water partition coefficient (Wildman–Crippen LogP) is 3.58. The standard InChI is InChI=1S/C15H14F3NO3S/c1-10-2-5-12(6-3-10)23(20,21)19-11-4-7-14(13(16)8-11)22-9-15(17)18/h2-8,15,19H,9H2,1H3. The first-order valence-electron chi connectivity index (χ1n) is 6.58. The van der Waals surface area contributed by atoms with E-state index in [4.69, 9.17) is 0 Å². The maximum atomic E-state index is 13.7. The van der Waals surface area contributed by atoms with Crippen molar-refractivity contribution in [2.45, 2.75) is 18.2 Å².